The molecule has 1 amide bonds. The van der Waals surface area contributed by atoms with Gasteiger partial charge in [-0.2, -0.15) is 0 Å². The third kappa shape index (κ3) is 3.05. The van der Waals surface area contributed by atoms with Crippen LogP contribution in [0.1, 0.15) is 41.3 Å². The van der Waals surface area contributed by atoms with Gasteiger partial charge in [0.25, 0.3) is 5.91 Å². The number of nitrogens with one attached hydrogen (secondary N) is 1. The highest BCUT2D eigenvalue weighted by molar-refractivity contribution is 6.04. The van der Waals surface area contributed by atoms with Gasteiger partial charge in [0.1, 0.15) is 17.1 Å². The molecular weight excluding hydrogens is 266 g/mol. The van der Waals surface area contributed by atoms with Crippen molar-refractivity contribution in [1.82, 2.24) is 0 Å². The Balaban J connectivity index is 2.44. The van der Waals surface area contributed by atoms with Gasteiger partial charge < -0.3 is 9.73 Å². The van der Waals surface area contributed by atoms with Gasteiger partial charge in [-0.05, 0) is 25.5 Å². The Hall–Kier alpha value is -2.36. The SMILES string of the molecule is CCc1oc(C)c(C(=O)Nc2ccccc2)c(=O)c1CC. The summed E-state index contributed by atoms with van der Waals surface area (Å²) >= 11 is 0. The van der Waals surface area contributed by atoms with Gasteiger partial charge in [0.2, 0.25) is 5.43 Å². The van der Waals surface area contributed by atoms with Gasteiger partial charge >= 0.3 is 0 Å². The van der Waals surface area contributed by atoms with E-state index < -0.39 is 5.91 Å². The van der Waals surface area contributed by atoms with Crippen molar-refractivity contribution >= 4 is 11.6 Å². The van der Waals surface area contributed by atoms with Crippen LogP contribution in [-0.2, 0) is 12.8 Å². The maximum atomic E-state index is 12.5. The highest BCUT2D eigenvalue weighted by Gasteiger charge is 2.20. The normalized spacial score (nSPS) is 10.4. The molecule has 0 aliphatic heterocycles. The van der Waals surface area contributed by atoms with Crippen molar-refractivity contribution < 1.29 is 9.21 Å². The number of hydrogen-bond donors (Lipinski definition) is 1. The van der Waals surface area contributed by atoms with E-state index in [0.29, 0.717) is 35.6 Å². The van der Waals surface area contributed by atoms with Crippen molar-refractivity contribution in [3.05, 3.63) is 63.2 Å². The number of para-hydroxylation sites is 1. The standard InChI is InChI=1S/C17H19NO3/c1-4-13-14(5-2)21-11(3)15(16(13)19)17(20)18-12-9-7-6-8-10-12/h6-10H,4-5H2,1-3H3,(H,18,20). The van der Waals surface area contributed by atoms with E-state index in [9.17, 15) is 9.59 Å². The molecule has 2 aromatic rings. The molecule has 1 aromatic carbocycles. The molecule has 0 saturated heterocycles. The van der Waals surface area contributed by atoms with E-state index in [1.54, 1.807) is 19.1 Å². The Labute approximate surface area is 123 Å². The second-order valence-corrected chi connectivity index (χ2v) is 4.79. The molecule has 1 N–H and O–H groups in total. The van der Waals surface area contributed by atoms with Crippen LogP contribution in [-0.4, -0.2) is 5.91 Å². The lowest BCUT2D eigenvalue weighted by atomic mass is 10.0. The number of rotatable bonds is 4. The maximum absolute atomic E-state index is 12.5. The minimum absolute atomic E-state index is 0.0907. The first-order valence-electron chi connectivity index (χ1n) is 7.10. The van der Waals surface area contributed by atoms with E-state index in [1.165, 1.54) is 0 Å². The van der Waals surface area contributed by atoms with Crippen LogP contribution in [0.5, 0.6) is 0 Å². The van der Waals surface area contributed by atoms with Crippen molar-refractivity contribution in [2.45, 2.75) is 33.6 Å². The molecule has 2 rings (SSSR count). The molecule has 110 valence electrons. The van der Waals surface area contributed by atoms with E-state index in [0.717, 1.165) is 0 Å². The number of hydrogen-bond acceptors (Lipinski definition) is 3. The average molecular weight is 285 g/mol. The highest BCUT2D eigenvalue weighted by atomic mass is 16.3. The second-order valence-electron chi connectivity index (χ2n) is 4.79. The van der Waals surface area contributed by atoms with Crippen molar-refractivity contribution in [2.24, 2.45) is 0 Å². The summed E-state index contributed by atoms with van der Waals surface area (Å²) in [5, 5.41) is 2.73. The first-order chi connectivity index (χ1) is 10.1. The topological polar surface area (TPSA) is 59.3 Å². The van der Waals surface area contributed by atoms with Crippen LogP contribution in [0.25, 0.3) is 0 Å². The summed E-state index contributed by atoms with van der Waals surface area (Å²) in [6.07, 6.45) is 1.19. The number of anilines is 1. The van der Waals surface area contributed by atoms with Gasteiger partial charge in [-0.25, -0.2) is 0 Å². The van der Waals surface area contributed by atoms with E-state index in [1.807, 2.05) is 32.0 Å². The van der Waals surface area contributed by atoms with Gasteiger partial charge in [0.05, 0.1) is 0 Å². The Morgan fingerprint density at radius 1 is 1.14 bits per heavy atom. The number of aryl methyl sites for hydroxylation is 2. The van der Waals surface area contributed by atoms with E-state index in [4.69, 9.17) is 4.42 Å². The monoisotopic (exact) mass is 285 g/mol. The molecule has 21 heavy (non-hydrogen) atoms. The zero-order valence-electron chi connectivity index (χ0n) is 12.5. The zero-order chi connectivity index (χ0) is 15.4. The molecule has 0 spiro atoms. The first kappa shape index (κ1) is 15.0. The molecular formula is C17H19NO3. The average Bonchev–Trinajstić information content (AvgIpc) is 2.47. The molecule has 1 aromatic heterocycles. The van der Waals surface area contributed by atoms with Crippen LogP contribution in [0, 0.1) is 6.92 Å². The molecule has 1 heterocycles. The third-order valence-corrected chi connectivity index (χ3v) is 3.40. The number of carbonyl (C=O) groups excluding carboxylic acids is 1. The number of benzene rings is 1. The lowest BCUT2D eigenvalue weighted by molar-refractivity contribution is 0.102. The van der Waals surface area contributed by atoms with E-state index >= 15 is 0 Å². The lowest BCUT2D eigenvalue weighted by Crippen LogP contribution is -2.26. The third-order valence-electron chi connectivity index (χ3n) is 3.40. The molecule has 0 aliphatic rings. The lowest BCUT2D eigenvalue weighted by Gasteiger charge is -2.11. The smallest absolute Gasteiger partial charge is 0.263 e. The highest BCUT2D eigenvalue weighted by Crippen LogP contribution is 2.15. The molecule has 0 atom stereocenters. The fourth-order valence-corrected chi connectivity index (χ4v) is 2.36. The Morgan fingerprint density at radius 3 is 2.38 bits per heavy atom. The van der Waals surface area contributed by atoms with Crippen LogP contribution < -0.4 is 10.7 Å². The fraction of sp³-hybridized carbons (Fsp3) is 0.294. The van der Waals surface area contributed by atoms with Gasteiger partial charge in [0.15, 0.2) is 0 Å². The van der Waals surface area contributed by atoms with Crippen LogP contribution in [0.4, 0.5) is 5.69 Å². The van der Waals surface area contributed by atoms with Crippen LogP contribution >= 0.6 is 0 Å². The molecule has 0 aliphatic carbocycles. The zero-order valence-corrected chi connectivity index (χ0v) is 12.5. The van der Waals surface area contributed by atoms with Gasteiger partial charge in [0, 0.05) is 17.7 Å². The van der Waals surface area contributed by atoms with Crippen LogP contribution in [0.15, 0.2) is 39.5 Å². The van der Waals surface area contributed by atoms with Crippen molar-refractivity contribution in [2.75, 3.05) is 5.32 Å². The summed E-state index contributed by atoms with van der Waals surface area (Å²) in [6, 6.07) is 9.05. The molecule has 0 saturated carbocycles. The summed E-state index contributed by atoms with van der Waals surface area (Å²) in [5.74, 6) is 0.601. The Bertz CT molecular complexity index is 702. The number of carbonyl (C=O) groups is 1. The fourth-order valence-electron chi connectivity index (χ4n) is 2.36. The maximum Gasteiger partial charge on any atom is 0.263 e. The van der Waals surface area contributed by atoms with E-state index in [2.05, 4.69) is 5.32 Å². The minimum atomic E-state index is -0.426. The van der Waals surface area contributed by atoms with Gasteiger partial charge in [-0.3, -0.25) is 9.59 Å². The van der Waals surface area contributed by atoms with E-state index in [-0.39, 0.29) is 11.0 Å². The summed E-state index contributed by atoms with van der Waals surface area (Å²) in [7, 11) is 0. The predicted octanol–water partition coefficient (Wildman–Crippen LogP) is 3.33. The van der Waals surface area contributed by atoms with Crippen molar-refractivity contribution in [1.29, 1.82) is 0 Å². The summed E-state index contributed by atoms with van der Waals surface area (Å²) < 4.78 is 5.66. The van der Waals surface area contributed by atoms with Gasteiger partial charge in [-0.15, -0.1) is 0 Å². The van der Waals surface area contributed by atoms with Gasteiger partial charge in [-0.1, -0.05) is 32.0 Å². The quantitative estimate of drug-likeness (QED) is 0.937. The minimum Gasteiger partial charge on any atom is -0.465 e. The predicted molar refractivity (Wildman–Crippen MR) is 82.9 cm³/mol. The largest absolute Gasteiger partial charge is 0.465 e. The molecule has 4 heteroatoms. The number of amides is 1. The Kier molecular flexibility index (Phi) is 4.58. The van der Waals surface area contributed by atoms with Crippen molar-refractivity contribution in [3.8, 4) is 0 Å². The summed E-state index contributed by atoms with van der Waals surface area (Å²) in [5.41, 5.74) is 1.10. The van der Waals surface area contributed by atoms with Crippen molar-refractivity contribution in [3.63, 3.8) is 0 Å². The van der Waals surface area contributed by atoms with Crippen LogP contribution in [0.3, 0.4) is 0 Å². The molecule has 4 nitrogen and oxygen atoms in total. The molecule has 0 radical (unpaired) electrons. The van der Waals surface area contributed by atoms with Crippen LogP contribution in [0.2, 0.25) is 0 Å². The summed E-state index contributed by atoms with van der Waals surface area (Å²) in [6.45, 7) is 5.47. The molecule has 0 bridgehead atoms. The first-order valence-corrected chi connectivity index (χ1v) is 7.10. The molecule has 0 unspecified atom stereocenters. The molecule has 0 fully saturated rings. The Morgan fingerprint density at radius 2 is 1.81 bits per heavy atom. The summed E-state index contributed by atoms with van der Waals surface area (Å²) in [4.78, 5) is 24.9. The second kappa shape index (κ2) is 6.39.